The second kappa shape index (κ2) is 6.30. The number of likely N-dealkylation sites (tertiary alicyclic amines) is 1. The van der Waals surface area contributed by atoms with Gasteiger partial charge in [0.05, 0.1) is 17.7 Å². The first kappa shape index (κ1) is 16.5. The minimum atomic E-state index is -0.763. The van der Waals surface area contributed by atoms with Gasteiger partial charge in [-0.1, -0.05) is 12.5 Å². The van der Waals surface area contributed by atoms with E-state index in [0.717, 1.165) is 24.4 Å². The van der Waals surface area contributed by atoms with Gasteiger partial charge in [-0.2, -0.15) is 0 Å². The van der Waals surface area contributed by atoms with E-state index in [1.54, 1.807) is 4.90 Å². The fraction of sp³-hybridized carbons (Fsp3) is 0.588. The lowest BCUT2D eigenvalue weighted by atomic mass is 9.81. The molecule has 0 spiro atoms. The van der Waals surface area contributed by atoms with Crippen molar-refractivity contribution in [2.45, 2.75) is 25.8 Å². The highest BCUT2D eigenvalue weighted by Crippen LogP contribution is 2.48. The van der Waals surface area contributed by atoms with Crippen molar-refractivity contribution >= 4 is 17.8 Å². The lowest BCUT2D eigenvalue weighted by molar-refractivity contribution is -0.149. The van der Waals surface area contributed by atoms with Crippen LogP contribution in [0.3, 0.4) is 0 Å². The van der Waals surface area contributed by atoms with Crippen LogP contribution in [0.4, 0.5) is 10.6 Å². The maximum absolute atomic E-state index is 12.4. The maximum Gasteiger partial charge on any atom is 0.317 e. The second-order valence-electron chi connectivity index (χ2n) is 6.97. The van der Waals surface area contributed by atoms with Gasteiger partial charge in [0.25, 0.3) is 0 Å². The summed E-state index contributed by atoms with van der Waals surface area (Å²) >= 11 is 0. The molecule has 0 radical (unpaired) electrons. The van der Waals surface area contributed by atoms with Gasteiger partial charge < -0.3 is 20.2 Å². The molecule has 1 aliphatic carbocycles. The van der Waals surface area contributed by atoms with Crippen LogP contribution in [-0.2, 0) is 11.3 Å². The van der Waals surface area contributed by atoms with Crippen molar-refractivity contribution in [3.8, 4) is 0 Å². The third-order valence-electron chi connectivity index (χ3n) is 5.25. The quantitative estimate of drug-likeness (QED) is 0.873. The van der Waals surface area contributed by atoms with E-state index >= 15 is 0 Å². The summed E-state index contributed by atoms with van der Waals surface area (Å²) in [6.45, 7) is 1.18. The number of carbonyl (C=O) groups excluding carboxylic acids is 1. The average Bonchev–Trinajstić information content (AvgIpc) is 3.11. The molecule has 0 bridgehead atoms. The van der Waals surface area contributed by atoms with Crippen LogP contribution in [0, 0.1) is 11.3 Å². The largest absolute Gasteiger partial charge is 0.481 e. The Balaban J connectivity index is 1.60. The number of urea groups is 1. The van der Waals surface area contributed by atoms with E-state index < -0.39 is 11.4 Å². The topological polar surface area (TPSA) is 85.8 Å². The molecule has 2 N–H and O–H groups in total. The van der Waals surface area contributed by atoms with Crippen LogP contribution in [0.25, 0.3) is 0 Å². The molecular formula is C17H24N4O3. The van der Waals surface area contributed by atoms with Crippen LogP contribution in [0.1, 0.15) is 25.0 Å². The van der Waals surface area contributed by atoms with Crippen LogP contribution in [0.15, 0.2) is 18.2 Å². The number of pyridine rings is 1. The van der Waals surface area contributed by atoms with Crippen molar-refractivity contribution in [2.24, 2.45) is 11.3 Å². The molecule has 0 aromatic carbocycles. The van der Waals surface area contributed by atoms with Crippen LogP contribution in [0.5, 0.6) is 0 Å². The van der Waals surface area contributed by atoms with Gasteiger partial charge in [-0.3, -0.25) is 4.79 Å². The summed E-state index contributed by atoms with van der Waals surface area (Å²) in [5, 5.41) is 12.5. The van der Waals surface area contributed by atoms with E-state index in [4.69, 9.17) is 0 Å². The fourth-order valence-corrected chi connectivity index (χ4v) is 3.89. The number of hydrogen-bond donors (Lipinski definition) is 2. The van der Waals surface area contributed by atoms with E-state index in [9.17, 15) is 14.7 Å². The molecular weight excluding hydrogens is 308 g/mol. The Hall–Kier alpha value is -2.31. The van der Waals surface area contributed by atoms with Crippen molar-refractivity contribution in [1.82, 2.24) is 15.2 Å². The zero-order chi connectivity index (χ0) is 17.3. The molecule has 0 unspecified atom stereocenters. The number of aliphatic carboxylic acids is 1. The Labute approximate surface area is 141 Å². The van der Waals surface area contributed by atoms with Gasteiger partial charge in [-0.15, -0.1) is 0 Å². The molecule has 24 heavy (non-hydrogen) atoms. The SMILES string of the molecule is CN(C)c1cccc(CNC(=O)N2C[C@@H]3CCC[C@@]3(C(=O)O)C2)n1. The van der Waals surface area contributed by atoms with Crippen molar-refractivity contribution in [1.29, 1.82) is 0 Å². The number of anilines is 1. The highest BCUT2D eigenvalue weighted by molar-refractivity contribution is 5.80. The lowest BCUT2D eigenvalue weighted by Gasteiger charge is -2.23. The number of rotatable bonds is 4. The monoisotopic (exact) mass is 332 g/mol. The Morgan fingerprint density at radius 2 is 2.25 bits per heavy atom. The molecule has 2 atom stereocenters. The van der Waals surface area contributed by atoms with E-state index in [1.807, 2.05) is 37.2 Å². The van der Waals surface area contributed by atoms with Crippen molar-refractivity contribution in [2.75, 3.05) is 32.1 Å². The normalized spacial score (nSPS) is 25.4. The number of carboxylic acids is 1. The summed E-state index contributed by atoms with van der Waals surface area (Å²) in [6.07, 6.45) is 2.50. The van der Waals surface area contributed by atoms with Crippen LogP contribution < -0.4 is 10.2 Å². The number of carboxylic acid groups (broad SMARTS) is 1. The molecule has 130 valence electrons. The summed E-state index contributed by atoms with van der Waals surface area (Å²) in [4.78, 5) is 32.1. The molecule has 1 aromatic rings. The summed E-state index contributed by atoms with van der Waals surface area (Å²) in [6, 6.07) is 5.47. The van der Waals surface area contributed by atoms with Gasteiger partial charge in [0, 0.05) is 27.2 Å². The highest BCUT2D eigenvalue weighted by Gasteiger charge is 2.55. The molecule has 2 amide bonds. The minimum Gasteiger partial charge on any atom is -0.481 e. The smallest absolute Gasteiger partial charge is 0.317 e. The standard InChI is InChI=1S/C17H24N4O3/c1-20(2)14-7-3-6-13(19-14)9-18-16(24)21-10-12-5-4-8-17(12,11-21)15(22)23/h3,6-7,12H,4-5,8-11H2,1-2H3,(H,18,24)(H,22,23)/t12-,17+/m0/s1. The first-order chi connectivity index (χ1) is 11.4. The summed E-state index contributed by atoms with van der Waals surface area (Å²) in [5.41, 5.74) is 0.0438. The molecule has 2 fully saturated rings. The number of nitrogens with one attached hydrogen (secondary N) is 1. The first-order valence-electron chi connectivity index (χ1n) is 8.32. The van der Waals surface area contributed by atoms with Gasteiger partial charge in [-0.25, -0.2) is 9.78 Å². The zero-order valence-corrected chi connectivity index (χ0v) is 14.2. The molecule has 1 saturated carbocycles. The van der Waals surface area contributed by atoms with Crippen LogP contribution in [-0.4, -0.2) is 54.2 Å². The summed E-state index contributed by atoms with van der Waals surface area (Å²) in [5.74, 6) is 0.152. The van der Waals surface area contributed by atoms with Gasteiger partial charge in [0.15, 0.2) is 0 Å². The van der Waals surface area contributed by atoms with E-state index in [2.05, 4.69) is 10.3 Å². The maximum atomic E-state index is 12.4. The van der Waals surface area contributed by atoms with Crippen LogP contribution >= 0.6 is 0 Å². The van der Waals surface area contributed by atoms with Gasteiger partial charge >= 0.3 is 12.0 Å². The minimum absolute atomic E-state index is 0.0796. The number of carbonyl (C=O) groups is 2. The Bertz CT molecular complexity index is 648. The molecule has 2 heterocycles. The third kappa shape index (κ3) is 2.90. The fourth-order valence-electron chi connectivity index (χ4n) is 3.89. The number of hydrogen-bond acceptors (Lipinski definition) is 4. The zero-order valence-electron chi connectivity index (χ0n) is 14.2. The van der Waals surface area contributed by atoms with E-state index in [-0.39, 0.29) is 11.9 Å². The lowest BCUT2D eigenvalue weighted by Crippen LogP contribution is -2.41. The predicted octanol–water partition coefficient (Wildman–Crippen LogP) is 1.54. The number of nitrogens with zero attached hydrogens (tertiary/aromatic N) is 3. The molecule has 1 aliphatic heterocycles. The van der Waals surface area contributed by atoms with E-state index in [1.165, 1.54) is 0 Å². The third-order valence-corrected chi connectivity index (χ3v) is 5.25. The van der Waals surface area contributed by atoms with Gasteiger partial charge in [0.2, 0.25) is 0 Å². The molecule has 2 aliphatic rings. The molecule has 7 heteroatoms. The van der Waals surface area contributed by atoms with Crippen molar-refractivity contribution < 1.29 is 14.7 Å². The number of amides is 2. The van der Waals surface area contributed by atoms with Crippen molar-refractivity contribution in [3.05, 3.63) is 23.9 Å². The van der Waals surface area contributed by atoms with E-state index in [0.29, 0.717) is 26.1 Å². The van der Waals surface area contributed by atoms with Gasteiger partial charge in [0.1, 0.15) is 5.82 Å². The summed E-state index contributed by atoms with van der Waals surface area (Å²) < 4.78 is 0. The Morgan fingerprint density at radius 3 is 2.92 bits per heavy atom. The van der Waals surface area contributed by atoms with Crippen LogP contribution in [0.2, 0.25) is 0 Å². The van der Waals surface area contributed by atoms with Gasteiger partial charge in [-0.05, 0) is 30.9 Å². The molecule has 7 nitrogen and oxygen atoms in total. The average molecular weight is 332 g/mol. The second-order valence-corrected chi connectivity index (χ2v) is 6.97. The Morgan fingerprint density at radius 1 is 1.46 bits per heavy atom. The molecule has 1 saturated heterocycles. The number of aromatic nitrogens is 1. The molecule has 3 rings (SSSR count). The first-order valence-corrected chi connectivity index (χ1v) is 8.32. The predicted molar refractivity (Wildman–Crippen MR) is 89.8 cm³/mol. The number of fused-ring (bicyclic) bond motifs is 1. The Kier molecular flexibility index (Phi) is 4.34. The summed E-state index contributed by atoms with van der Waals surface area (Å²) in [7, 11) is 3.83. The van der Waals surface area contributed by atoms with Crippen molar-refractivity contribution in [3.63, 3.8) is 0 Å². The molecule has 1 aromatic heterocycles. The highest BCUT2D eigenvalue weighted by atomic mass is 16.4.